The summed E-state index contributed by atoms with van der Waals surface area (Å²) in [4.78, 5) is 8.06. The third-order valence-electron chi connectivity index (χ3n) is 8.71. The second-order valence-corrected chi connectivity index (χ2v) is 13.1. The molecule has 0 spiro atoms. The Kier molecular flexibility index (Phi) is 8.32. The molecule has 0 aliphatic carbocycles. The Labute approximate surface area is 233 Å². The van der Waals surface area contributed by atoms with E-state index in [2.05, 4.69) is 40.9 Å². The highest BCUT2D eigenvalue weighted by molar-refractivity contribution is 7.90. The second-order valence-electron chi connectivity index (χ2n) is 11.1. The van der Waals surface area contributed by atoms with Crippen LogP contribution in [0.5, 0.6) is 0 Å². The highest BCUT2D eigenvalue weighted by Crippen LogP contribution is 2.36. The lowest BCUT2D eigenvalue weighted by molar-refractivity contribution is 0.111. The SMILES string of the molecule is Cc1cc(C2CCN(C3CC4CCC(C3)N4)CC2)cc2c1nc(-c1ccc(S(C)(=O)=O)cc1)n2C.Cl.Cl. The van der Waals surface area contributed by atoms with Crippen LogP contribution in [0.4, 0.5) is 0 Å². The Morgan fingerprint density at radius 2 is 1.57 bits per heavy atom. The van der Waals surface area contributed by atoms with Crippen LogP contribution < -0.4 is 5.32 Å². The van der Waals surface area contributed by atoms with E-state index in [0.29, 0.717) is 10.8 Å². The molecular formula is C28H38Cl2N4O2S. The standard InChI is InChI=1S/C28H36N4O2S.2ClH/c1-18-14-21(19-10-12-32(13-11-19)24-16-22-6-7-23(17-24)29-22)15-26-27(18)30-28(31(26)2)20-4-8-25(9-5-20)35(3,33)34;;/h4-5,8-9,14-15,19,22-24,29H,6-7,10-13,16-17H2,1-3H3;2*1H. The van der Waals surface area contributed by atoms with Crippen LogP contribution >= 0.6 is 24.8 Å². The van der Waals surface area contributed by atoms with Crippen molar-refractivity contribution in [1.29, 1.82) is 0 Å². The average Bonchev–Trinajstić information content (AvgIpc) is 3.37. The number of likely N-dealkylation sites (tertiary alicyclic amines) is 1. The van der Waals surface area contributed by atoms with E-state index >= 15 is 0 Å². The van der Waals surface area contributed by atoms with Gasteiger partial charge in [-0.2, -0.15) is 0 Å². The number of piperidine rings is 2. The van der Waals surface area contributed by atoms with E-state index in [1.807, 2.05) is 12.1 Å². The van der Waals surface area contributed by atoms with Crippen molar-refractivity contribution in [2.24, 2.45) is 7.05 Å². The van der Waals surface area contributed by atoms with E-state index in [-0.39, 0.29) is 24.8 Å². The number of aromatic nitrogens is 2. The van der Waals surface area contributed by atoms with Gasteiger partial charge in [-0.15, -0.1) is 24.8 Å². The molecule has 9 heteroatoms. The minimum atomic E-state index is -3.21. The lowest BCUT2D eigenvalue weighted by atomic mass is 9.86. The molecule has 3 aliphatic heterocycles. The predicted molar refractivity (Wildman–Crippen MR) is 155 cm³/mol. The van der Waals surface area contributed by atoms with Gasteiger partial charge < -0.3 is 14.8 Å². The van der Waals surface area contributed by atoms with Gasteiger partial charge in [-0.25, -0.2) is 13.4 Å². The highest BCUT2D eigenvalue weighted by Gasteiger charge is 2.37. The molecule has 202 valence electrons. The van der Waals surface area contributed by atoms with Crippen LogP contribution in [-0.4, -0.2) is 60.3 Å². The smallest absolute Gasteiger partial charge is 0.175 e. The molecular weight excluding hydrogens is 527 g/mol. The van der Waals surface area contributed by atoms with Crippen LogP contribution in [0, 0.1) is 6.92 Å². The maximum atomic E-state index is 11.8. The first-order chi connectivity index (χ1) is 16.8. The largest absolute Gasteiger partial charge is 0.327 e. The summed E-state index contributed by atoms with van der Waals surface area (Å²) < 4.78 is 25.8. The minimum Gasteiger partial charge on any atom is -0.327 e. The Balaban J connectivity index is 0.00000160. The van der Waals surface area contributed by atoms with E-state index in [9.17, 15) is 8.42 Å². The van der Waals surface area contributed by atoms with Crippen molar-refractivity contribution in [3.8, 4) is 11.4 Å². The van der Waals surface area contributed by atoms with Gasteiger partial charge >= 0.3 is 0 Å². The molecule has 2 unspecified atom stereocenters. The molecule has 1 N–H and O–H groups in total. The fourth-order valence-electron chi connectivity index (χ4n) is 6.75. The maximum Gasteiger partial charge on any atom is 0.175 e. The molecule has 2 atom stereocenters. The van der Waals surface area contributed by atoms with Gasteiger partial charge in [0.05, 0.1) is 15.9 Å². The molecule has 6 rings (SSSR count). The third kappa shape index (κ3) is 5.44. The molecule has 37 heavy (non-hydrogen) atoms. The summed E-state index contributed by atoms with van der Waals surface area (Å²) >= 11 is 0. The number of hydrogen-bond acceptors (Lipinski definition) is 5. The minimum absolute atomic E-state index is 0. The van der Waals surface area contributed by atoms with Crippen molar-refractivity contribution in [3.05, 3.63) is 47.5 Å². The van der Waals surface area contributed by atoms with Gasteiger partial charge in [-0.05, 0) is 106 Å². The number of fused-ring (bicyclic) bond motifs is 3. The van der Waals surface area contributed by atoms with Crippen LogP contribution in [0.25, 0.3) is 22.4 Å². The molecule has 6 nitrogen and oxygen atoms in total. The summed E-state index contributed by atoms with van der Waals surface area (Å²) in [5, 5.41) is 3.78. The van der Waals surface area contributed by atoms with Crippen LogP contribution in [-0.2, 0) is 16.9 Å². The van der Waals surface area contributed by atoms with E-state index in [0.717, 1.165) is 40.5 Å². The number of benzene rings is 2. The number of sulfone groups is 1. The molecule has 4 heterocycles. The molecule has 1 aromatic heterocycles. The van der Waals surface area contributed by atoms with Gasteiger partial charge in [-0.3, -0.25) is 0 Å². The molecule has 3 aromatic rings. The average molecular weight is 566 g/mol. The number of nitrogens with one attached hydrogen (secondary N) is 1. The lowest BCUT2D eigenvalue weighted by Crippen LogP contribution is -2.50. The molecule has 0 amide bonds. The number of aryl methyl sites for hydroxylation is 2. The van der Waals surface area contributed by atoms with Gasteiger partial charge in [0.15, 0.2) is 9.84 Å². The lowest BCUT2D eigenvalue weighted by Gasteiger charge is -2.41. The zero-order chi connectivity index (χ0) is 24.3. The molecule has 3 aliphatic rings. The molecule has 3 fully saturated rings. The van der Waals surface area contributed by atoms with Crippen molar-refractivity contribution in [2.45, 2.75) is 74.4 Å². The molecule has 0 saturated carbocycles. The van der Waals surface area contributed by atoms with Gasteiger partial charge in [-0.1, -0.05) is 6.07 Å². The van der Waals surface area contributed by atoms with Crippen molar-refractivity contribution in [3.63, 3.8) is 0 Å². The monoisotopic (exact) mass is 564 g/mol. The summed E-state index contributed by atoms with van der Waals surface area (Å²) in [6, 6.07) is 14.0. The summed E-state index contributed by atoms with van der Waals surface area (Å²) in [7, 11) is -1.15. The van der Waals surface area contributed by atoms with Gasteiger partial charge in [0.1, 0.15) is 5.82 Å². The first-order valence-corrected chi connectivity index (χ1v) is 14.9. The zero-order valence-corrected chi connectivity index (χ0v) is 24.3. The van der Waals surface area contributed by atoms with Crippen molar-refractivity contribution >= 4 is 45.7 Å². The molecule has 2 aromatic carbocycles. The third-order valence-corrected chi connectivity index (χ3v) is 9.83. The normalized spacial score (nSPS) is 24.6. The van der Waals surface area contributed by atoms with Gasteiger partial charge in [0, 0.05) is 37.0 Å². The summed E-state index contributed by atoms with van der Waals surface area (Å²) in [6.07, 6.45) is 9.08. The number of nitrogens with zero attached hydrogens (tertiary/aromatic N) is 3. The van der Waals surface area contributed by atoms with Crippen molar-refractivity contribution in [2.75, 3.05) is 19.3 Å². The number of halogens is 2. The summed E-state index contributed by atoms with van der Waals surface area (Å²) in [5.74, 6) is 1.47. The number of rotatable bonds is 4. The maximum absolute atomic E-state index is 11.8. The first-order valence-electron chi connectivity index (χ1n) is 13.0. The zero-order valence-electron chi connectivity index (χ0n) is 21.8. The van der Waals surface area contributed by atoms with E-state index < -0.39 is 9.84 Å². The quantitative estimate of drug-likeness (QED) is 0.468. The fraction of sp³-hybridized carbons (Fsp3) is 0.536. The van der Waals surface area contributed by atoms with Gasteiger partial charge in [0.2, 0.25) is 0 Å². The molecule has 3 saturated heterocycles. The fourth-order valence-corrected chi connectivity index (χ4v) is 7.38. The predicted octanol–water partition coefficient (Wildman–Crippen LogP) is 5.26. The topological polar surface area (TPSA) is 67.2 Å². The summed E-state index contributed by atoms with van der Waals surface area (Å²) in [5.41, 5.74) is 5.76. The van der Waals surface area contributed by atoms with Crippen LogP contribution in [0.3, 0.4) is 0 Å². The number of hydrogen-bond donors (Lipinski definition) is 1. The van der Waals surface area contributed by atoms with Crippen LogP contribution in [0.15, 0.2) is 41.3 Å². The Morgan fingerprint density at radius 1 is 0.946 bits per heavy atom. The Morgan fingerprint density at radius 3 is 2.16 bits per heavy atom. The van der Waals surface area contributed by atoms with E-state index in [4.69, 9.17) is 4.98 Å². The van der Waals surface area contributed by atoms with Gasteiger partial charge in [0.25, 0.3) is 0 Å². The van der Waals surface area contributed by atoms with E-state index in [1.165, 1.54) is 69.0 Å². The van der Waals surface area contributed by atoms with Crippen molar-refractivity contribution in [1.82, 2.24) is 19.8 Å². The second kappa shape index (κ2) is 10.9. The van der Waals surface area contributed by atoms with E-state index in [1.54, 1.807) is 12.1 Å². The molecule has 0 radical (unpaired) electrons. The first kappa shape index (κ1) is 28.4. The summed E-state index contributed by atoms with van der Waals surface area (Å²) in [6.45, 7) is 4.57. The highest BCUT2D eigenvalue weighted by atomic mass is 35.5. The molecule has 2 bridgehead atoms. The van der Waals surface area contributed by atoms with Crippen molar-refractivity contribution < 1.29 is 8.42 Å². The van der Waals surface area contributed by atoms with Crippen LogP contribution in [0.1, 0.15) is 55.6 Å². The number of imidazole rings is 1. The Hall–Kier alpha value is -1.64. The Bertz CT molecular complexity index is 1350. The van der Waals surface area contributed by atoms with Crippen LogP contribution in [0.2, 0.25) is 0 Å².